The molecule has 2 aromatic rings. The van der Waals surface area contributed by atoms with Gasteiger partial charge in [-0.2, -0.15) is 11.8 Å². The van der Waals surface area contributed by atoms with Crippen LogP contribution in [0, 0.1) is 0 Å². The van der Waals surface area contributed by atoms with Crippen LogP contribution < -0.4 is 5.32 Å². The minimum atomic E-state index is -0.123. The summed E-state index contributed by atoms with van der Waals surface area (Å²) in [6, 6.07) is 21.8. The molecule has 4 nitrogen and oxygen atoms in total. The first-order valence-electron chi connectivity index (χ1n) is 11.7. The Balaban J connectivity index is 1.36. The predicted molar refractivity (Wildman–Crippen MR) is 131 cm³/mol. The van der Waals surface area contributed by atoms with Gasteiger partial charge in [0.1, 0.15) is 0 Å². The summed E-state index contributed by atoms with van der Waals surface area (Å²) in [7, 11) is 0. The lowest BCUT2D eigenvalue weighted by Gasteiger charge is -2.39. The van der Waals surface area contributed by atoms with Crippen molar-refractivity contribution in [3.8, 4) is 0 Å². The van der Waals surface area contributed by atoms with Gasteiger partial charge in [0, 0.05) is 30.9 Å². The highest BCUT2D eigenvalue weighted by atomic mass is 32.2. The van der Waals surface area contributed by atoms with Crippen LogP contribution in [-0.4, -0.2) is 59.1 Å². The fourth-order valence-corrected chi connectivity index (χ4v) is 5.90. The number of likely N-dealkylation sites (tertiary alicyclic amines) is 2. The van der Waals surface area contributed by atoms with Crippen LogP contribution in [0.4, 0.5) is 4.79 Å². The van der Waals surface area contributed by atoms with E-state index >= 15 is 0 Å². The molecule has 2 aliphatic rings. The molecule has 1 atom stereocenters. The van der Waals surface area contributed by atoms with E-state index in [1.807, 2.05) is 41.3 Å². The van der Waals surface area contributed by atoms with Crippen LogP contribution in [0.5, 0.6) is 0 Å². The van der Waals surface area contributed by atoms with Crippen LogP contribution in [0.3, 0.4) is 0 Å². The highest BCUT2D eigenvalue weighted by Gasteiger charge is 2.34. The number of nitrogens with zero attached hydrogens (tertiary/aromatic N) is 2. The predicted octanol–water partition coefficient (Wildman–Crippen LogP) is 5.17. The Labute approximate surface area is 191 Å². The van der Waals surface area contributed by atoms with Crippen molar-refractivity contribution in [3.63, 3.8) is 0 Å². The van der Waals surface area contributed by atoms with E-state index in [1.165, 1.54) is 30.9 Å². The maximum atomic E-state index is 13.2. The molecule has 0 spiro atoms. The van der Waals surface area contributed by atoms with Gasteiger partial charge >= 0.3 is 6.03 Å². The van der Waals surface area contributed by atoms with E-state index in [-0.39, 0.29) is 12.1 Å². The maximum Gasteiger partial charge on any atom is 0.318 e. The van der Waals surface area contributed by atoms with Crippen molar-refractivity contribution in [3.05, 3.63) is 71.8 Å². The topological polar surface area (TPSA) is 35.6 Å². The van der Waals surface area contributed by atoms with E-state index in [2.05, 4.69) is 53.2 Å². The molecule has 31 heavy (non-hydrogen) atoms. The van der Waals surface area contributed by atoms with Gasteiger partial charge in [-0.1, -0.05) is 67.6 Å². The number of nitrogens with one attached hydrogen (secondary N) is 1. The van der Waals surface area contributed by atoms with Crippen LogP contribution >= 0.6 is 11.8 Å². The SMILES string of the molecule is CCSCC1CCCN1C1CCN(C(=O)NC(c2ccccc2)c2ccccc2)CC1. The van der Waals surface area contributed by atoms with Crippen LogP contribution in [0.25, 0.3) is 0 Å². The van der Waals surface area contributed by atoms with Gasteiger partial charge in [0.2, 0.25) is 0 Å². The first-order valence-corrected chi connectivity index (χ1v) is 12.9. The molecule has 1 N–H and O–H groups in total. The van der Waals surface area contributed by atoms with Crippen molar-refractivity contribution in [1.82, 2.24) is 15.1 Å². The molecule has 5 heteroatoms. The second kappa shape index (κ2) is 11.1. The van der Waals surface area contributed by atoms with Crippen LogP contribution in [-0.2, 0) is 0 Å². The van der Waals surface area contributed by atoms with Gasteiger partial charge in [0.25, 0.3) is 0 Å². The first kappa shape index (κ1) is 22.2. The fraction of sp³-hybridized carbons (Fsp3) is 0.500. The third kappa shape index (κ3) is 5.64. The molecule has 2 fully saturated rings. The molecule has 2 aliphatic heterocycles. The van der Waals surface area contributed by atoms with Crippen molar-refractivity contribution in [1.29, 1.82) is 0 Å². The molecule has 2 amide bonds. The molecule has 0 aliphatic carbocycles. The number of hydrogen-bond acceptors (Lipinski definition) is 3. The number of rotatable bonds is 7. The quantitative estimate of drug-likeness (QED) is 0.649. The lowest BCUT2D eigenvalue weighted by Crippen LogP contribution is -2.51. The minimum Gasteiger partial charge on any atom is -0.327 e. The van der Waals surface area contributed by atoms with Gasteiger partial charge in [0.15, 0.2) is 0 Å². The van der Waals surface area contributed by atoms with Crippen LogP contribution in [0.15, 0.2) is 60.7 Å². The molecule has 4 rings (SSSR count). The molecule has 0 bridgehead atoms. The summed E-state index contributed by atoms with van der Waals surface area (Å²) in [6.07, 6.45) is 4.83. The summed E-state index contributed by atoms with van der Waals surface area (Å²) in [4.78, 5) is 17.9. The maximum absolute atomic E-state index is 13.2. The summed E-state index contributed by atoms with van der Waals surface area (Å²) >= 11 is 2.06. The standard InChI is InChI=1S/C26H35N3OS/c1-2-31-20-24-14-9-17-29(24)23-15-18-28(19-16-23)26(30)27-25(21-10-5-3-6-11-21)22-12-7-4-8-13-22/h3-8,10-13,23-25H,2,9,14-20H2,1H3,(H,27,30). The molecule has 166 valence electrons. The zero-order chi connectivity index (χ0) is 21.5. The summed E-state index contributed by atoms with van der Waals surface area (Å²) in [5.41, 5.74) is 2.23. The molecule has 2 aromatic carbocycles. The third-order valence-corrected chi connectivity index (χ3v) is 7.72. The van der Waals surface area contributed by atoms with Crippen molar-refractivity contribution >= 4 is 17.8 Å². The number of hydrogen-bond donors (Lipinski definition) is 1. The van der Waals surface area contributed by atoms with Crippen LogP contribution in [0.2, 0.25) is 0 Å². The minimum absolute atomic E-state index is 0.0515. The highest BCUT2D eigenvalue weighted by molar-refractivity contribution is 7.99. The third-order valence-electron chi connectivity index (χ3n) is 6.69. The second-order valence-electron chi connectivity index (χ2n) is 8.62. The molecular weight excluding hydrogens is 402 g/mol. The zero-order valence-corrected chi connectivity index (χ0v) is 19.4. The fourth-order valence-electron chi connectivity index (χ4n) is 5.04. The average molecular weight is 438 g/mol. The molecule has 0 aromatic heterocycles. The Kier molecular flexibility index (Phi) is 7.92. The van der Waals surface area contributed by atoms with E-state index in [9.17, 15) is 4.79 Å². The van der Waals surface area contributed by atoms with E-state index in [0.29, 0.717) is 6.04 Å². The molecule has 1 unspecified atom stereocenters. The van der Waals surface area contributed by atoms with Gasteiger partial charge in [-0.05, 0) is 49.1 Å². The number of amides is 2. The van der Waals surface area contributed by atoms with Gasteiger partial charge in [0.05, 0.1) is 6.04 Å². The molecule has 0 radical (unpaired) electrons. The normalized spacial score (nSPS) is 20.3. The Morgan fingerprint density at radius 3 is 2.16 bits per heavy atom. The Morgan fingerprint density at radius 2 is 1.58 bits per heavy atom. The zero-order valence-electron chi connectivity index (χ0n) is 18.6. The lowest BCUT2D eigenvalue weighted by atomic mass is 9.98. The number of carbonyl (C=O) groups excluding carboxylic acids is 1. The lowest BCUT2D eigenvalue weighted by molar-refractivity contribution is 0.113. The Morgan fingerprint density at radius 1 is 0.968 bits per heavy atom. The largest absolute Gasteiger partial charge is 0.327 e. The number of benzene rings is 2. The molecule has 2 saturated heterocycles. The summed E-state index contributed by atoms with van der Waals surface area (Å²) < 4.78 is 0. The summed E-state index contributed by atoms with van der Waals surface area (Å²) in [5.74, 6) is 2.46. The van der Waals surface area contributed by atoms with E-state index in [4.69, 9.17) is 0 Å². The Hall–Kier alpha value is -1.98. The van der Waals surface area contributed by atoms with Crippen molar-refractivity contribution in [2.45, 2.75) is 50.7 Å². The van der Waals surface area contributed by atoms with E-state index in [0.717, 1.165) is 43.1 Å². The first-order chi connectivity index (χ1) is 15.3. The van der Waals surface area contributed by atoms with Crippen molar-refractivity contribution in [2.75, 3.05) is 31.1 Å². The van der Waals surface area contributed by atoms with E-state index in [1.54, 1.807) is 0 Å². The van der Waals surface area contributed by atoms with Crippen molar-refractivity contribution in [2.24, 2.45) is 0 Å². The number of urea groups is 1. The number of piperidine rings is 1. The molecule has 2 heterocycles. The number of carbonyl (C=O) groups is 1. The summed E-state index contributed by atoms with van der Waals surface area (Å²) in [5, 5.41) is 3.31. The van der Waals surface area contributed by atoms with Crippen molar-refractivity contribution < 1.29 is 4.79 Å². The van der Waals surface area contributed by atoms with Crippen LogP contribution in [0.1, 0.15) is 49.8 Å². The van der Waals surface area contributed by atoms with Gasteiger partial charge < -0.3 is 10.2 Å². The highest BCUT2D eigenvalue weighted by Crippen LogP contribution is 2.28. The van der Waals surface area contributed by atoms with Gasteiger partial charge in [-0.15, -0.1) is 0 Å². The second-order valence-corrected chi connectivity index (χ2v) is 9.93. The smallest absolute Gasteiger partial charge is 0.318 e. The average Bonchev–Trinajstić information content (AvgIpc) is 3.31. The Bertz CT molecular complexity index is 768. The monoisotopic (exact) mass is 437 g/mol. The summed E-state index contributed by atoms with van der Waals surface area (Å²) in [6.45, 7) is 5.17. The molecule has 0 saturated carbocycles. The van der Waals surface area contributed by atoms with Gasteiger partial charge in [-0.3, -0.25) is 4.90 Å². The number of thioether (sulfide) groups is 1. The molecular formula is C26H35N3OS. The van der Waals surface area contributed by atoms with E-state index < -0.39 is 0 Å². The van der Waals surface area contributed by atoms with Gasteiger partial charge in [-0.25, -0.2) is 4.79 Å².